The second kappa shape index (κ2) is 3.77. The zero-order chi connectivity index (χ0) is 11.8. The molecule has 1 aromatic carbocycles. The number of aromatic amines is 1. The van der Waals surface area contributed by atoms with E-state index in [1.807, 2.05) is 12.1 Å². The average molecular weight is 225 g/mol. The van der Waals surface area contributed by atoms with E-state index >= 15 is 0 Å². The van der Waals surface area contributed by atoms with Crippen LogP contribution in [0.4, 0.5) is 0 Å². The van der Waals surface area contributed by atoms with Gasteiger partial charge in [0.05, 0.1) is 6.54 Å². The van der Waals surface area contributed by atoms with Crippen LogP contribution < -0.4 is 5.73 Å². The summed E-state index contributed by atoms with van der Waals surface area (Å²) in [6.07, 6.45) is 4.06. The van der Waals surface area contributed by atoms with E-state index in [4.69, 9.17) is 5.73 Å². The number of allylic oxidation sites excluding steroid dienone is 1. The van der Waals surface area contributed by atoms with Crippen LogP contribution in [-0.2, 0) is 0 Å². The SMILES string of the molecule is CC(C1=NCC(N)=C1)c1c[nH]c2ccccc12. The molecule has 0 amide bonds. The molecule has 3 nitrogen and oxygen atoms in total. The largest absolute Gasteiger partial charge is 0.400 e. The highest BCUT2D eigenvalue weighted by molar-refractivity contribution is 6.04. The molecule has 3 rings (SSSR count). The molecule has 17 heavy (non-hydrogen) atoms. The first-order chi connectivity index (χ1) is 8.25. The predicted octanol–water partition coefficient (Wildman–Crippen LogP) is 2.57. The number of benzene rings is 1. The number of nitrogens with zero attached hydrogens (tertiary/aromatic N) is 1. The molecular formula is C14H15N3. The summed E-state index contributed by atoms with van der Waals surface area (Å²) >= 11 is 0. The van der Waals surface area contributed by atoms with Gasteiger partial charge < -0.3 is 10.7 Å². The van der Waals surface area contributed by atoms with Crippen molar-refractivity contribution in [2.45, 2.75) is 12.8 Å². The van der Waals surface area contributed by atoms with Crippen LogP contribution in [-0.4, -0.2) is 17.2 Å². The van der Waals surface area contributed by atoms with Crippen molar-refractivity contribution in [3.63, 3.8) is 0 Å². The Balaban J connectivity index is 2.04. The summed E-state index contributed by atoms with van der Waals surface area (Å²) < 4.78 is 0. The summed E-state index contributed by atoms with van der Waals surface area (Å²) in [6, 6.07) is 8.33. The van der Waals surface area contributed by atoms with Crippen molar-refractivity contribution < 1.29 is 0 Å². The molecule has 0 saturated heterocycles. The van der Waals surface area contributed by atoms with Crippen LogP contribution in [0.25, 0.3) is 10.9 Å². The molecule has 0 spiro atoms. The number of rotatable bonds is 2. The van der Waals surface area contributed by atoms with Crippen molar-refractivity contribution in [2.75, 3.05) is 6.54 Å². The maximum absolute atomic E-state index is 5.77. The Hall–Kier alpha value is -2.03. The average Bonchev–Trinajstić information content (AvgIpc) is 2.94. The van der Waals surface area contributed by atoms with Crippen molar-refractivity contribution in [2.24, 2.45) is 10.7 Å². The van der Waals surface area contributed by atoms with E-state index in [9.17, 15) is 0 Å². The molecule has 86 valence electrons. The number of para-hydroxylation sites is 1. The fraction of sp³-hybridized carbons (Fsp3) is 0.214. The Bertz CT molecular complexity index is 619. The maximum Gasteiger partial charge on any atom is 0.0788 e. The summed E-state index contributed by atoms with van der Waals surface area (Å²) in [4.78, 5) is 7.76. The van der Waals surface area contributed by atoms with Gasteiger partial charge in [0, 0.05) is 34.4 Å². The van der Waals surface area contributed by atoms with Gasteiger partial charge in [0.2, 0.25) is 0 Å². The molecule has 0 bridgehead atoms. The maximum atomic E-state index is 5.77. The van der Waals surface area contributed by atoms with Crippen LogP contribution in [0.1, 0.15) is 18.4 Å². The second-order valence-electron chi connectivity index (χ2n) is 4.47. The zero-order valence-corrected chi connectivity index (χ0v) is 9.77. The molecule has 2 heterocycles. The lowest BCUT2D eigenvalue weighted by Crippen LogP contribution is -2.04. The number of hydrogen-bond acceptors (Lipinski definition) is 2. The molecule has 3 heteroatoms. The van der Waals surface area contributed by atoms with Crippen LogP contribution in [0.5, 0.6) is 0 Å². The van der Waals surface area contributed by atoms with E-state index in [1.54, 1.807) is 0 Å². The second-order valence-corrected chi connectivity index (χ2v) is 4.47. The van der Waals surface area contributed by atoms with Crippen LogP contribution in [0.3, 0.4) is 0 Å². The van der Waals surface area contributed by atoms with Gasteiger partial charge in [0.25, 0.3) is 0 Å². The van der Waals surface area contributed by atoms with Gasteiger partial charge in [-0.1, -0.05) is 25.1 Å². The number of hydrogen-bond donors (Lipinski definition) is 2. The predicted molar refractivity (Wildman–Crippen MR) is 71.3 cm³/mol. The fourth-order valence-electron chi connectivity index (χ4n) is 2.34. The summed E-state index contributed by atoms with van der Waals surface area (Å²) in [6.45, 7) is 2.81. The number of aromatic nitrogens is 1. The minimum atomic E-state index is 0.284. The number of aliphatic imine (C=N–C) groups is 1. The van der Waals surface area contributed by atoms with Gasteiger partial charge in [-0.15, -0.1) is 0 Å². The molecule has 0 aliphatic carbocycles. The first-order valence-electron chi connectivity index (χ1n) is 5.82. The van der Waals surface area contributed by atoms with Gasteiger partial charge in [0.15, 0.2) is 0 Å². The molecular weight excluding hydrogens is 210 g/mol. The Morgan fingerprint density at radius 3 is 2.94 bits per heavy atom. The molecule has 0 radical (unpaired) electrons. The Labute approximate surface area is 100 Å². The monoisotopic (exact) mass is 225 g/mol. The van der Waals surface area contributed by atoms with Gasteiger partial charge in [-0.2, -0.15) is 0 Å². The van der Waals surface area contributed by atoms with Crippen molar-refractivity contribution in [3.8, 4) is 0 Å². The summed E-state index contributed by atoms with van der Waals surface area (Å²) in [5.74, 6) is 0.284. The minimum absolute atomic E-state index is 0.284. The standard InChI is InChI=1S/C14H15N3/c1-9(14-6-10(15)7-16-14)12-8-17-13-5-3-2-4-11(12)13/h2-6,8-9,17H,7,15H2,1H3. The molecule has 1 aliphatic rings. The van der Waals surface area contributed by atoms with E-state index in [2.05, 4.69) is 41.3 Å². The number of nitrogens with two attached hydrogens (primary N) is 1. The third kappa shape index (κ3) is 1.64. The molecule has 1 aliphatic heterocycles. The third-order valence-corrected chi connectivity index (χ3v) is 3.31. The van der Waals surface area contributed by atoms with E-state index in [1.165, 1.54) is 16.5 Å². The molecule has 1 unspecified atom stereocenters. The van der Waals surface area contributed by atoms with E-state index in [-0.39, 0.29) is 5.92 Å². The Morgan fingerprint density at radius 1 is 1.35 bits per heavy atom. The summed E-state index contributed by atoms with van der Waals surface area (Å²) in [7, 11) is 0. The lowest BCUT2D eigenvalue weighted by atomic mass is 9.95. The quantitative estimate of drug-likeness (QED) is 0.810. The van der Waals surface area contributed by atoms with Crippen LogP contribution in [0.15, 0.2) is 47.2 Å². The smallest absolute Gasteiger partial charge is 0.0788 e. The van der Waals surface area contributed by atoms with Gasteiger partial charge in [-0.05, 0) is 17.7 Å². The van der Waals surface area contributed by atoms with Crippen LogP contribution >= 0.6 is 0 Å². The van der Waals surface area contributed by atoms with Gasteiger partial charge in [-0.3, -0.25) is 4.99 Å². The third-order valence-electron chi connectivity index (χ3n) is 3.31. The first-order valence-corrected chi connectivity index (χ1v) is 5.82. The molecule has 0 fully saturated rings. The molecule has 2 aromatic rings. The van der Waals surface area contributed by atoms with E-state index < -0.39 is 0 Å². The van der Waals surface area contributed by atoms with Crippen molar-refractivity contribution in [3.05, 3.63) is 47.8 Å². The highest BCUT2D eigenvalue weighted by Gasteiger charge is 2.17. The zero-order valence-electron chi connectivity index (χ0n) is 9.77. The van der Waals surface area contributed by atoms with E-state index in [0.717, 1.165) is 11.4 Å². The van der Waals surface area contributed by atoms with Gasteiger partial charge in [0.1, 0.15) is 0 Å². The summed E-state index contributed by atoms with van der Waals surface area (Å²) in [5.41, 5.74) is 10.2. The highest BCUT2D eigenvalue weighted by atomic mass is 14.8. The highest BCUT2D eigenvalue weighted by Crippen LogP contribution is 2.27. The molecule has 0 saturated carbocycles. The van der Waals surface area contributed by atoms with Gasteiger partial charge in [-0.25, -0.2) is 0 Å². The van der Waals surface area contributed by atoms with Gasteiger partial charge >= 0.3 is 0 Å². The minimum Gasteiger partial charge on any atom is -0.400 e. The van der Waals surface area contributed by atoms with Crippen LogP contribution in [0, 0.1) is 0 Å². The van der Waals surface area contributed by atoms with Crippen molar-refractivity contribution in [1.82, 2.24) is 4.98 Å². The number of fused-ring (bicyclic) bond motifs is 1. The number of H-pyrrole nitrogens is 1. The molecule has 1 aromatic heterocycles. The Morgan fingerprint density at radius 2 is 2.18 bits per heavy atom. The normalized spacial score (nSPS) is 17.0. The molecule has 1 atom stereocenters. The summed E-state index contributed by atoms with van der Waals surface area (Å²) in [5, 5.41) is 1.27. The van der Waals surface area contributed by atoms with Crippen LogP contribution in [0.2, 0.25) is 0 Å². The fourth-order valence-corrected chi connectivity index (χ4v) is 2.34. The Kier molecular flexibility index (Phi) is 2.25. The lowest BCUT2D eigenvalue weighted by Gasteiger charge is -2.08. The molecule has 3 N–H and O–H groups in total. The van der Waals surface area contributed by atoms with E-state index in [0.29, 0.717) is 6.54 Å². The lowest BCUT2D eigenvalue weighted by molar-refractivity contribution is 1.03. The topological polar surface area (TPSA) is 54.2 Å². The van der Waals surface area contributed by atoms with Crippen molar-refractivity contribution >= 4 is 16.6 Å². The number of nitrogens with one attached hydrogen (secondary N) is 1. The van der Waals surface area contributed by atoms with Crippen molar-refractivity contribution in [1.29, 1.82) is 0 Å². The first kappa shape index (κ1) is 10.1.